The third-order valence-electron chi connectivity index (χ3n) is 5.37. The molecule has 1 amide bonds. The van der Waals surface area contributed by atoms with E-state index in [-0.39, 0.29) is 24.6 Å². The van der Waals surface area contributed by atoms with Gasteiger partial charge in [0.15, 0.2) is 11.5 Å². The van der Waals surface area contributed by atoms with Crippen molar-refractivity contribution in [1.82, 2.24) is 14.5 Å². The molecule has 4 rings (SSSR count). The van der Waals surface area contributed by atoms with E-state index < -0.39 is 17.2 Å². The summed E-state index contributed by atoms with van der Waals surface area (Å²) in [5, 5.41) is 2.76. The lowest BCUT2D eigenvalue weighted by molar-refractivity contribution is 0.0947. The fourth-order valence-corrected chi connectivity index (χ4v) is 3.60. The van der Waals surface area contributed by atoms with Crippen LogP contribution in [0.5, 0.6) is 17.2 Å². The quantitative estimate of drug-likeness (QED) is 0.565. The van der Waals surface area contributed by atoms with Gasteiger partial charge in [-0.25, -0.2) is 9.36 Å². The van der Waals surface area contributed by atoms with Gasteiger partial charge in [0.1, 0.15) is 11.3 Å². The summed E-state index contributed by atoms with van der Waals surface area (Å²) in [4.78, 5) is 39.4. The van der Waals surface area contributed by atoms with Gasteiger partial charge in [0.25, 0.3) is 11.5 Å². The zero-order valence-corrected chi connectivity index (χ0v) is 18.5. The monoisotopic (exact) mass is 451 g/mol. The lowest BCUT2D eigenvalue weighted by Crippen LogP contribution is -2.43. The molecular weight excluding hydrogens is 426 g/mol. The number of unbranched alkanes of at least 4 members (excludes halogenated alkanes) is 1. The van der Waals surface area contributed by atoms with E-state index in [1.54, 1.807) is 36.4 Å². The maximum atomic E-state index is 13.3. The number of carbonyl (C=O) groups excluding carboxylic acids is 1. The van der Waals surface area contributed by atoms with Crippen LogP contribution in [0, 0.1) is 0 Å². The maximum absolute atomic E-state index is 13.3. The van der Waals surface area contributed by atoms with Crippen molar-refractivity contribution in [3.05, 3.63) is 80.6 Å². The number of hydrogen-bond acceptors (Lipinski definition) is 6. The van der Waals surface area contributed by atoms with Gasteiger partial charge in [-0.05, 0) is 36.2 Å². The van der Waals surface area contributed by atoms with E-state index in [1.807, 2.05) is 13.0 Å². The van der Waals surface area contributed by atoms with Crippen molar-refractivity contribution in [1.29, 1.82) is 0 Å². The zero-order valence-electron chi connectivity index (χ0n) is 18.5. The molecule has 0 spiro atoms. The van der Waals surface area contributed by atoms with Crippen molar-refractivity contribution >= 4 is 5.91 Å². The van der Waals surface area contributed by atoms with E-state index in [0.29, 0.717) is 23.8 Å². The number of carbonyl (C=O) groups is 1. The number of aryl methyl sites for hydroxylation is 1. The van der Waals surface area contributed by atoms with E-state index in [2.05, 4.69) is 5.32 Å². The summed E-state index contributed by atoms with van der Waals surface area (Å²) < 4.78 is 18.4. The van der Waals surface area contributed by atoms with Crippen LogP contribution in [-0.2, 0) is 13.1 Å². The highest BCUT2D eigenvalue weighted by molar-refractivity contribution is 5.93. The third kappa shape index (κ3) is 4.48. The number of fused-ring (bicyclic) bond motifs is 1. The Morgan fingerprint density at radius 3 is 2.70 bits per heavy atom. The fourth-order valence-electron chi connectivity index (χ4n) is 3.60. The number of hydrogen-bond donors (Lipinski definition) is 1. The Bertz CT molecular complexity index is 1290. The number of aromatic nitrogens is 2. The first-order chi connectivity index (χ1) is 16.0. The predicted molar refractivity (Wildman–Crippen MR) is 121 cm³/mol. The summed E-state index contributed by atoms with van der Waals surface area (Å²) >= 11 is 0. The molecule has 172 valence electrons. The highest BCUT2D eigenvalue weighted by atomic mass is 16.7. The molecule has 9 heteroatoms. The first kappa shape index (κ1) is 22.2. The van der Waals surface area contributed by atoms with Gasteiger partial charge in [-0.3, -0.25) is 14.2 Å². The average Bonchev–Trinajstić information content (AvgIpc) is 3.30. The van der Waals surface area contributed by atoms with Crippen molar-refractivity contribution in [2.75, 3.05) is 13.9 Å². The maximum Gasteiger partial charge on any atom is 0.335 e. The summed E-state index contributed by atoms with van der Waals surface area (Å²) in [6.45, 7) is 2.72. The Kier molecular flexibility index (Phi) is 6.48. The predicted octanol–water partition coefficient (Wildman–Crippen LogP) is 2.47. The van der Waals surface area contributed by atoms with Gasteiger partial charge in [0.2, 0.25) is 6.79 Å². The molecule has 1 N–H and O–H groups in total. The Morgan fingerprint density at radius 2 is 1.91 bits per heavy atom. The standard InChI is InChI=1S/C24H25N3O6/c1-3-4-11-26-14-17(22(28)25-13-16-9-10-20-21(12-16)33-15-32-20)23(29)27(24(26)30)18-7-5-6-8-19(18)31-2/h5-10,12,14H,3-4,11,13,15H2,1-2H3,(H,25,28). The van der Waals surface area contributed by atoms with Crippen LogP contribution in [0.3, 0.4) is 0 Å². The average molecular weight is 451 g/mol. The van der Waals surface area contributed by atoms with E-state index in [0.717, 1.165) is 23.0 Å². The molecule has 9 nitrogen and oxygen atoms in total. The molecule has 0 saturated heterocycles. The molecule has 2 heterocycles. The normalized spacial score (nSPS) is 11.9. The SMILES string of the molecule is CCCCn1cc(C(=O)NCc2ccc3c(c2)OCO3)c(=O)n(-c2ccccc2OC)c1=O. The topological polar surface area (TPSA) is 101 Å². The number of nitrogens with zero attached hydrogens (tertiary/aromatic N) is 2. The molecule has 2 aromatic carbocycles. The first-order valence-electron chi connectivity index (χ1n) is 10.7. The minimum atomic E-state index is -0.708. The van der Waals surface area contributed by atoms with Gasteiger partial charge in [0.05, 0.1) is 12.8 Å². The molecule has 3 aromatic rings. The van der Waals surface area contributed by atoms with Crippen LogP contribution in [0.2, 0.25) is 0 Å². The van der Waals surface area contributed by atoms with Crippen molar-refractivity contribution in [3.8, 4) is 22.9 Å². The second-order valence-corrected chi connectivity index (χ2v) is 7.55. The van der Waals surface area contributed by atoms with E-state index in [9.17, 15) is 14.4 Å². The summed E-state index contributed by atoms with van der Waals surface area (Å²) in [5.41, 5.74) is -0.286. The van der Waals surface area contributed by atoms with Gasteiger partial charge >= 0.3 is 5.69 Å². The minimum absolute atomic E-state index is 0.127. The van der Waals surface area contributed by atoms with Gasteiger partial charge in [-0.15, -0.1) is 0 Å². The summed E-state index contributed by atoms with van der Waals surface area (Å²) in [6, 6.07) is 12.1. The largest absolute Gasteiger partial charge is 0.495 e. The molecule has 0 radical (unpaired) electrons. The number of methoxy groups -OCH3 is 1. The Morgan fingerprint density at radius 1 is 1.12 bits per heavy atom. The lowest BCUT2D eigenvalue weighted by Gasteiger charge is -2.15. The Hall–Kier alpha value is -4.01. The number of para-hydroxylation sites is 2. The summed E-state index contributed by atoms with van der Waals surface area (Å²) in [5.74, 6) is 1.03. The molecule has 0 fully saturated rings. The van der Waals surface area contributed by atoms with E-state index in [1.165, 1.54) is 17.9 Å². The van der Waals surface area contributed by atoms with Gasteiger partial charge < -0.3 is 19.5 Å². The van der Waals surface area contributed by atoms with E-state index in [4.69, 9.17) is 14.2 Å². The summed E-state index contributed by atoms with van der Waals surface area (Å²) in [6.07, 6.45) is 2.91. The second-order valence-electron chi connectivity index (χ2n) is 7.55. The number of ether oxygens (including phenoxy) is 3. The smallest absolute Gasteiger partial charge is 0.335 e. The van der Waals surface area contributed by atoms with Gasteiger partial charge in [0, 0.05) is 19.3 Å². The van der Waals surface area contributed by atoms with Crippen LogP contribution in [0.1, 0.15) is 35.7 Å². The molecule has 0 atom stereocenters. The van der Waals surface area contributed by atoms with Crippen LogP contribution in [0.4, 0.5) is 0 Å². The molecular formula is C24H25N3O6. The molecule has 0 aliphatic carbocycles. The third-order valence-corrected chi connectivity index (χ3v) is 5.37. The second kappa shape index (κ2) is 9.64. The first-order valence-corrected chi connectivity index (χ1v) is 10.7. The van der Waals surface area contributed by atoms with Crippen molar-refractivity contribution in [3.63, 3.8) is 0 Å². The lowest BCUT2D eigenvalue weighted by atomic mass is 10.2. The molecule has 0 unspecified atom stereocenters. The van der Waals surface area contributed by atoms with Crippen LogP contribution in [-0.4, -0.2) is 28.9 Å². The molecule has 0 saturated carbocycles. The van der Waals surface area contributed by atoms with Crippen LogP contribution >= 0.6 is 0 Å². The van der Waals surface area contributed by atoms with Crippen LogP contribution in [0.25, 0.3) is 5.69 Å². The zero-order chi connectivity index (χ0) is 23.4. The Balaban J connectivity index is 1.70. The van der Waals surface area contributed by atoms with Gasteiger partial charge in [-0.1, -0.05) is 31.5 Å². The number of nitrogens with one attached hydrogen (secondary N) is 1. The number of rotatable bonds is 8. The van der Waals surface area contributed by atoms with Crippen LogP contribution in [0.15, 0.2) is 58.3 Å². The summed E-state index contributed by atoms with van der Waals surface area (Å²) in [7, 11) is 1.46. The van der Waals surface area contributed by atoms with Crippen molar-refractivity contribution in [2.45, 2.75) is 32.9 Å². The highest BCUT2D eigenvalue weighted by Gasteiger charge is 2.20. The molecule has 1 aliphatic rings. The molecule has 1 aromatic heterocycles. The molecule has 33 heavy (non-hydrogen) atoms. The Labute approximate surface area is 190 Å². The van der Waals surface area contributed by atoms with Gasteiger partial charge in [-0.2, -0.15) is 0 Å². The van der Waals surface area contributed by atoms with Crippen molar-refractivity contribution < 1.29 is 19.0 Å². The fraction of sp³-hybridized carbons (Fsp3) is 0.292. The van der Waals surface area contributed by atoms with E-state index >= 15 is 0 Å². The molecule has 1 aliphatic heterocycles. The van der Waals surface area contributed by atoms with Crippen molar-refractivity contribution in [2.24, 2.45) is 0 Å². The number of benzene rings is 2. The highest BCUT2D eigenvalue weighted by Crippen LogP contribution is 2.32. The molecule has 0 bridgehead atoms. The van der Waals surface area contributed by atoms with Crippen LogP contribution < -0.4 is 30.8 Å². The number of amides is 1. The minimum Gasteiger partial charge on any atom is -0.495 e.